The Hall–Kier alpha value is -2.89. The number of amides is 2. The highest BCUT2D eigenvalue weighted by Gasteiger charge is 2.29. The van der Waals surface area contributed by atoms with Gasteiger partial charge >= 0.3 is 0 Å². The average molecular weight is 342 g/mol. The maximum Gasteiger partial charge on any atom is 0.251 e. The fourth-order valence-electron chi connectivity index (χ4n) is 2.44. The smallest absolute Gasteiger partial charge is 0.251 e. The van der Waals surface area contributed by atoms with E-state index in [2.05, 4.69) is 10.6 Å². The van der Waals surface area contributed by atoms with Crippen LogP contribution in [0.5, 0.6) is 5.75 Å². The molecule has 2 amide bonds. The van der Waals surface area contributed by atoms with E-state index in [-0.39, 0.29) is 35.6 Å². The van der Waals surface area contributed by atoms with E-state index >= 15 is 0 Å². The second kappa shape index (κ2) is 7.34. The van der Waals surface area contributed by atoms with Crippen LogP contribution in [-0.2, 0) is 11.3 Å². The Balaban J connectivity index is 1.60. The second-order valence-electron chi connectivity index (χ2n) is 6.00. The molecule has 1 fully saturated rings. The molecule has 2 aromatic carbocycles. The number of carbonyl (C=O) groups excluding carboxylic acids is 2. The Morgan fingerprint density at radius 1 is 1.20 bits per heavy atom. The predicted octanol–water partition coefficient (Wildman–Crippen LogP) is 3.11. The average Bonchev–Trinajstić information content (AvgIpc) is 3.45. The number of rotatable bonds is 6. The van der Waals surface area contributed by atoms with Crippen LogP contribution in [0.4, 0.5) is 10.1 Å². The molecule has 0 heterocycles. The van der Waals surface area contributed by atoms with E-state index in [1.165, 1.54) is 19.2 Å². The van der Waals surface area contributed by atoms with E-state index in [0.29, 0.717) is 5.69 Å². The summed E-state index contributed by atoms with van der Waals surface area (Å²) < 4.78 is 18.5. The first kappa shape index (κ1) is 17.0. The summed E-state index contributed by atoms with van der Waals surface area (Å²) in [5.41, 5.74) is 1.77. The van der Waals surface area contributed by atoms with Gasteiger partial charge < -0.3 is 15.4 Å². The van der Waals surface area contributed by atoms with Crippen LogP contribution in [0.25, 0.3) is 0 Å². The lowest BCUT2D eigenvalue weighted by molar-refractivity contribution is -0.117. The highest BCUT2D eigenvalue weighted by molar-refractivity contribution is 5.95. The molecular weight excluding hydrogens is 323 g/mol. The van der Waals surface area contributed by atoms with Crippen molar-refractivity contribution in [1.29, 1.82) is 0 Å². The highest BCUT2D eigenvalue weighted by Crippen LogP contribution is 2.30. The summed E-state index contributed by atoms with van der Waals surface area (Å²) in [5.74, 6) is -0.701. The lowest BCUT2D eigenvalue weighted by atomic mass is 10.1. The summed E-state index contributed by atoms with van der Waals surface area (Å²) in [5, 5.41) is 5.61. The first-order valence-electron chi connectivity index (χ1n) is 8.08. The van der Waals surface area contributed by atoms with Crippen molar-refractivity contribution in [3.8, 4) is 5.75 Å². The standard InChI is InChI=1S/C19H19FN2O3/c1-25-17-8-7-14(10-16(17)20)18(23)21-11-12-3-2-4-15(9-12)22-19(24)13-5-6-13/h2-4,7-10,13H,5-6,11H2,1H3,(H,21,23)(H,22,24). The van der Waals surface area contributed by atoms with Gasteiger partial charge in [0.1, 0.15) is 0 Å². The summed E-state index contributed by atoms with van der Waals surface area (Å²) in [4.78, 5) is 23.9. The molecule has 0 radical (unpaired) electrons. The molecule has 0 aromatic heterocycles. The fraction of sp³-hybridized carbons (Fsp3) is 0.263. The van der Waals surface area contributed by atoms with Gasteiger partial charge in [0.25, 0.3) is 5.91 Å². The molecule has 0 spiro atoms. The van der Waals surface area contributed by atoms with Gasteiger partial charge in [0.15, 0.2) is 11.6 Å². The van der Waals surface area contributed by atoms with Gasteiger partial charge in [-0.15, -0.1) is 0 Å². The van der Waals surface area contributed by atoms with E-state index < -0.39 is 5.82 Å². The Bertz CT molecular complexity index is 803. The third-order valence-electron chi connectivity index (χ3n) is 4.01. The van der Waals surface area contributed by atoms with E-state index in [1.807, 2.05) is 24.3 Å². The van der Waals surface area contributed by atoms with Crippen molar-refractivity contribution in [2.75, 3.05) is 12.4 Å². The van der Waals surface area contributed by atoms with Gasteiger partial charge in [-0.25, -0.2) is 4.39 Å². The topological polar surface area (TPSA) is 67.4 Å². The molecule has 0 saturated heterocycles. The van der Waals surface area contributed by atoms with Gasteiger partial charge in [-0.05, 0) is 48.7 Å². The number of hydrogen-bond acceptors (Lipinski definition) is 3. The highest BCUT2D eigenvalue weighted by atomic mass is 19.1. The van der Waals surface area contributed by atoms with Gasteiger partial charge in [-0.2, -0.15) is 0 Å². The normalized spacial score (nSPS) is 13.2. The van der Waals surface area contributed by atoms with Crippen molar-refractivity contribution < 1.29 is 18.7 Å². The van der Waals surface area contributed by atoms with Gasteiger partial charge in [0.2, 0.25) is 5.91 Å². The zero-order valence-electron chi connectivity index (χ0n) is 13.8. The molecule has 3 rings (SSSR count). The molecule has 0 aliphatic heterocycles. The predicted molar refractivity (Wildman–Crippen MR) is 91.9 cm³/mol. The number of halogens is 1. The third kappa shape index (κ3) is 4.35. The molecule has 0 unspecified atom stereocenters. The van der Waals surface area contributed by atoms with Crippen molar-refractivity contribution in [1.82, 2.24) is 5.32 Å². The van der Waals surface area contributed by atoms with Crippen LogP contribution in [0.15, 0.2) is 42.5 Å². The first-order chi connectivity index (χ1) is 12.1. The van der Waals surface area contributed by atoms with E-state index in [9.17, 15) is 14.0 Å². The lowest BCUT2D eigenvalue weighted by Gasteiger charge is -2.09. The van der Waals surface area contributed by atoms with Gasteiger partial charge in [-0.1, -0.05) is 12.1 Å². The fourth-order valence-corrected chi connectivity index (χ4v) is 2.44. The quantitative estimate of drug-likeness (QED) is 0.848. The van der Waals surface area contributed by atoms with Crippen LogP contribution in [0.1, 0.15) is 28.8 Å². The molecular formula is C19H19FN2O3. The van der Waals surface area contributed by atoms with Crippen molar-refractivity contribution in [3.63, 3.8) is 0 Å². The number of ether oxygens (including phenoxy) is 1. The summed E-state index contributed by atoms with van der Waals surface area (Å²) in [6.45, 7) is 0.277. The number of anilines is 1. The molecule has 1 saturated carbocycles. The number of hydrogen-bond donors (Lipinski definition) is 2. The molecule has 0 atom stereocenters. The van der Waals surface area contributed by atoms with E-state index in [4.69, 9.17) is 4.74 Å². The number of nitrogens with one attached hydrogen (secondary N) is 2. The van der Waals surface area contributed by atoms with Crippen molar-refractivity contribution >= 4 is 17.5 Å². The maximum absolute atomic E-state index is 13.7. The number of benzene rings is 2. The zero-order chi connectivity index (χ0) is 17.8. The molecule has 1 aliphatic carbocycles. The zero-order valence-corrected chi connectivity index (χ0v) is 13.8. The van der Waals surface area contributed by atoms with Crippen LogP contribution in [0.3, 0.4) is 0 Å². The Labute approximate surface area is 145 Å². The molecule has 5 nitrogen and oxygen atoms in total. The summed E-state index contributed by atoms with van der Waals surface area (Å²) >= 11 is 0. The summed E-state index contributed by atoms with van der Waals surface area (Å²) in [7, 11) is 1.37. The minimum atomic E-state index is -0.583. The Morgan fingerprint density at radius 2 is 2.00 bits per heavy atom. The van der Waals surface area contributed by atoms with Crippen LogP contribution in [0, 0.1) is 11.7 Å². The monoisotopic (exact) mass is 342 g/mol. The van der Waals surface area contributed by atoms with Crippen LogP contribution < -0.4 is 15.4 Å². The Kier molecular flexibility index (Phi) is 4.97. The number of methoxy groups -OCH3 is 1. The first-order valence-corrected chi connectivity index (χ1v) is 8.08. The van der Waals surface area contributed by atoms with Gasteiger partial charge in [-0.3, -0.25) is 9.59 Å². The molecule has 6 heteroatoms. The molecule has 25 heavy (non-hydrogen) atoms. The SMILES string of the molecule is COc1ccc(C(=O)NCc2cccc(NC(=O)C3CC3)c2)cc1F. The largest absolute Gasteiger partial charge is 0.494 e. The van der Waals surface area contributed by atoms with E-state index in [1.54, 1.807) is 0 Å². The molecule has 1 aliphatic rings. The lowest BCUT2D eigenvalue weighted by Crippen LogP contribution is -2.23. The minimum Gasteiger partial charge on any atom is -0.494 e. The van der Waals surface area contributed by atoms with Crippen LogP contribution in [-0.4, -0.2) is 18.9 Å². The maximum atomic E-state index is 13.7. The van der Waals surface area contributed by atoms with Crippen molar-refractivity contribution in [3.05, 3.63) is 59.4 Å². The summed E-state index contributed by atoms with van der Waals surface area (Å²) in [6, 6.07) is 11.3. The number of carbonyl (C=O) groups is 2. The Morgan fingerprint density at radius 3 is 2.68 bits per heavy atom. The molecule has 130 valence electrons. The molecule has 0 bridgehead atoms. The minimum absolute atomic E-state index is 0.0369. The second-order valence-corrected chi connectivity index (χ2v) is 6.00. The van der Waals surface area contributed by atoms with Crippen LogP contribution in [0.2, 0.25) is 0 Å². The molecule has 2 aromatic rings. The third-order valence-corrected chi connectivity index (χ3v) is 4.01. The van der Waals surface area contributed by atoms with Crippen molar-refractivity contribution in [2.24, 2.45) is 5.92 Å². The van der Waals surface area contributed by atoms with Crippen molar-refractivity contribution in [2.45, 2.75) is 19.4 Å². The summed E-state index contributed by atoms with van der Waals surface area (Å²) in [6.07, 6.45) is 1.89. The van der Waals surface area contributed by atoms with Crippen LogP contribution >= 0.6 is 0 Å². The van der Waals surface area contributed by atoms with Gasteiger partial charge in [0, 0.05) is 23.7 Å². The molecule has 2 N–H and O–H groups in total. The van der Waals surface area contributed by atoms with Gasteiger partial charge in [0.05, 0.1) is 7.11 Å². The van der Waals surface area contributed by atoms with E-state index in [0.717, 1.165) is 24.5 Å².